The van der Waals surface area contributed by atoms with Gasteiger partial charge in [0.25, 0.3) is 0 Å². The van der Waals surface area contributed by atoms with Crippen LogP contribution in [0.2, 0.25) is 0 Å². The second-order valence-electron chi connectivity index (χ2n) is 6.40. The largest absolute Gasteiger partial charge is 0.144 e. The Morgan fingerprint density at radius 1 is 1.00 bits per heavy atom. The molecule has 3 rings (SSSR count). The highest BCUT2D eigenvalue weighted by Crippen LogP contribution is 2.57. The molecular weight excluding hydrogens is 291 g/mol. The van der Waals surface area contributed by atoms with Gasteiger partial charge in [0.1, 0.15) is 0 Å². The van der Waals surface area contributed by atoms with Crippen molar-refractivity contribution in [3.05, 3.63) is 70.2 Å². The maximum Gasteiger partial charge on any atom is 0.0343 e. The fourth-order valence-electron chi connectivity index (χ4n) is 2.50. The van der Waals surface area contributed by atoms with Gasteiger partial charge in [-0.3, -0.25) is 0 Å². The lowest BCUT2D eigenvalue weighted by Crippen LogP contribution is -2.14. The van der Waals surface area contributed by atoms with Gasteiger partial charge in [0.05, 0.1) is 0 Å². The topological polar surface area (TPSA) is 0 Å². The van der Waals surface area contributed by atoms with E-state index in [1.807, 2.05) is 11.3 Å². The van der Waals surface area contributed by atoms with Crippen LogP contribution in [0.25, 0.3) is 11.1 Å². The molecule has 21 heavy (non-hydrogen) atoms. The Balaban J connectivity index is 2.03. The van der Waals surface area contributed by atoms with E-state index < -0.39 is 0 Å². The number of allylic oxidation sites excluding steroid dienone is 3. The minimum absolute atomic E-state index is 0.143. The highest BCUT2D eigenvalue weighted by molar-refractivity contribution is 7.63. The summed E-state index contributed by atoms with van der Waals surface area (Å²) in [7, 11) is -0.143. The van der Waals surface area contributed by atoms with Gasteiger partial charge in [-0.1, -0.05) is 70.9 Å². The molecule has 0 bridgehead atoms. The lowest BCUT2D eigenvalue weighted by molar-refractivity contribution is 0.788. The van der Waals surface area contributed by atoms with Crippen molar-refractivity contribution < 1.29 is 0 Å². The lowest BCUT2D eigenvalue weighted by atomic mass is 10.0. The fraction of sp³-hybridized carbons (Fsp3) is 0.263. The van der Waals surface area contributed by atoms with Crippen LogP contribution < -0.4 is 0 Å². The molecule has 1 unspecified atom stereocenters. The minimum Gasteiger partial charge on any atom is -0.144 e. The van der Waals surface area contributed by atoms with E-state index in [0.717, 1.165) is 0 Å². The zero-order valence-electron chi connectivity index (χ0n) is 12.8. The second-order valence-corrected chi connectivity index (χ2v) is 10.2. The summed E-state index contributed by atoms with van der Waals surface area (Å²) >= 11 is 1.84. The molecule has 2 heterocycles. The maximum atomic E-state index is 2.54. The first-order chi connectivity index (χ1) is 10.0. The van der Waals surface area contributed by atoms with Crippen LogP contribution in [0, 0.1) is 0 Å². The van der Waals surface area contributed by atoms with Gasteiger partial charge >= 0.3 is 0 Å². The number of thiophene rings is 1. The number of rotatable bonds is 2. The van der Waals surface area contributed by atoms with Crippen molar-refractivity contribution in [2.45, 2.75) is 25.9 Å². The summed E-state index contributed by atoms with van der Waals surface area (Å²) in [5.74, 6) is 2.54. The van der Waals surface area contributed by atoms with E-state index in [9.17, 15) is 0 Å². The van der Waals surface area contributed by atoms with Crippen molar-refractivity contribution in [3.8, 4) is 0 Å². The minimum atomic E-state index is -0.143. The van der Waals surface area contributed by atoms with Crippen LogP contribution in [0.3, 0.4) is 0 Å². The van der Waals surface area contributed by atoms with Crippen molar-refractivity contribution in [2.75, 3.05) is 6.16 Å². The molecule has 1 aliphatic heterocycles. The third-order valence-corrected chi connectivity index (χ3v) is 7.69. The quantitative estimate of drug-likeness (QED) is 0.558. The first kappa shape index (κ1) is 14.8. The molecule has 2 aromatic rings. The molecule has 2 heteroatoms. The van der Waals surface area contributed by atoms with Crippen LogP contribution in [0.4, 0.5) is 0 Å². The highest BCUT2D eigenvalue weighted by atomic mass is 32.1. The first-order valence-corrected chi connectivity index (χ1v) is 9.80. The van der Waals surface area contributed by atoms with E-state index in [-0.39, 0.29) is 7.92 Å². The van der Waals surface area contributed by atoms with Gasteiger partial charge in [-0.2, -0.15) is 0 Å². The molecule has 1 atom stereocenters. The zero-order valence-corrected chi connectivity index (χ0v) is 14.5. The monoisotopic (exact) mass is 312 g/mol. The Hall–Kier alpha value is -1.17. The van der Waals surface area contributed by atoms with Gasteiger partial charge in [0, 0.05) is 4.88 Å². The molecule has 0 saturated heterocycles. The predicted molar refractivity (Wildman–Crippen MR) is 98.3 cm³/mol. The van der Waals surface area contributed by atoms with Gasteiger partial charge in [-0.15, -0.1) is 11.3 Å². The molecule has 0 N–H and O–H groups in total. The average Bonchev–Trinajstić information content (AvgIpc) is 3.01. The van der Waals surface area contributed by atoms with Gasteiger partial charge in [0.2, 0.25) is 0 Å². The molecular formula is C19H21PS. The number of benzene rings is 1. The summed E-state index contributed by atoms with van der Waals surface area (Å²) in [6, 6.07) is 15.2. The zero-order chi connectivity index (χ0) is 14.9. The summed E-state index contributed by atoms with van der Waals surface area (Å²) in [6.45, 7) is 7.11. The molecule has 0 nitrogen and oxygen atoms in total. The Bertz CT molecular complexity index is 657. The number of hydrogen-bond donors (Lipinski definition) is 0. The first-order valence-electron chi connectivity index (χ1n) is 7.32. The van der Waals surface area contributed by atoms with E-state index in [1.165, 1.54) is 27.7 Å². The predicted octanol–water partition coefficient (Wildman–Crippen LogP) is 6.47. The highest BCUT2D eigenvalue weighted by Gasteiger charge is 2.27. The third-order valence-electron chi connectivity index (χ3n) is 3.78. The fourth-order valence-corrected chi connectivity index (χ4v) is 5.45. The summed E-state index contributed by atoms with van der Waals surface area (Å²) in [5, 5.41) is 2.52. The van der Waals surface area contributed by atoms with Crippen molar-refractivity contribution in [2.24, 2.45) is 0 Å². The third kappa shape index (κ3) is 3.36. The second kappa shape index (κ2) is 5.91. The van der Waals surface area contributed by atoms with Gasteiger partial charge in [-0.25, -0.2) is 0 Å². The molecule has 0 saturated carbocycles. The summed E-state index contributed by atoms with van der Waals surface area (Å²) in [4.78, 5) is 1.39. The molecule has 0 radical (unpaired) electrons. The van der Waals surface area contributed by atoms with E-state index in [2.05, 4.69) is 80.5 Å². The molecule has 1 aromatic heterocycles. The van der Waals surface area contributed by atoms with Crippen LogP contribution in [-0.4, -0.2) is 11.3 Å². The normalized spacial score (nSPS) is 19.1. The SMILES string of the molecule is CC(C)(C)P1C=C(c2cccs2)C=C(c2ccccc2)C1. The van der Waals surface area contributed by atoms with E-state index in [0.29, 0.717) is 5.16 Å². The Morgan fingerprint density at radius 3 is 2.38 bits per heavy atom. The average molecular weight is 312 g/mol. The molecule has 0 spiro atoms. The Kier molecular flexibility index (Phi) is 4.15. The van der Waals surface area contributed by atoms with Crippen LogP contribution >= 0.6 is 19.3 Å². The van der Waals surface area contributed by atoms with Crippen molar-refractivity contribution in [1.29, 1.82) is 0 Å². The van der Waals surface area contributed by atoms with Crippen LogP contribution in [0.1, 0.15) is 31.2 Å². The van der Waals surface area contributed by atoms with E-state index in [1.54, 1.807) is 0 Å². The molecule has 0 amide bonds. The summed E-state index contributed by atoms with van der Waals surface area (Å²) in [5.41, 5.74) is 4.27. The van der Waals surface area contributed by atoms with Crippen LogP contribution in [0.15, 0.2) is 59.7 Å². The standard InChI is InChI=1S/C19H21PS/c1-19(2,3)20-13-16(15-8-5-4-6-9-15)12-17(14-20)18-10-7-11-21-18/h4-12,14H,13H2,1-3H3. The van der Waals surface area contributed by atoms with Gasteiger partial charge in [-0.05, 0) is 45.6 Å². The number of hydrogen-bond acceptors (Lipinski definition) is 1. The smallest absolute Gasteiger partial charge is 0.0343 e. The Labute approximate surface area is 133 Å². The summed E-state index contributed by atoms with van der Waals surface area (Å²) in [6.07, 6.45) is 3.59. The molecule has 0 aliphatic carbocycles. The van der Waals surface area contributed by atoms with Gasteiger partial charge < -0.3 is 0 Å². The Morgan fingerprint density at radius 2 is 1.76 bits per heavy atom. The lowest BCUT2D eigenvalue weighted by Gasteiger charge is -2.33. The molecule has 108 valence electrons. The van der Waals surface area contributed by atoms with Crippen molar-refractivity contribution in [1.82, 2.24) is 0 Å². The molecule has 1 aliphatic rings. The van der Waals surface area contributed by atoms with E-state index >= 15 is 0 Å². The summed E-state index contributed by atoms with van der Waals surface area (Å²) < 4.78 is 0. The van der Waals surface area contributed by atoms with Crippen LogP contribution in [0.5, 0.6) is 0 Å². The van der Waals surface area contributed by atoms with Crippen LogP contribution in [-0.2, 0) is 0 Å². The molecule has 0 fully saturated rings. The maximum absolute atomic E-state index is 2.54. The molecule has 1 aromatic carbocycles. The van der Waals surface area contributed by atoms with E-state index in [4.69, 9.17) is 0 Å². The van der Waals surface area contributed by atoms with Gasteiger partial charge in [0.15, 0.2) is 0 Å². The van der Waals surface area contributed by atoms with Crippen molar-refractivity contribution in [3.63, 3.8) is 0 Å². The van der Waals surface area contributed by atoms with Crippen molar-refractivity contribution >= 4 is 30.4 Å².